The van der Waals surface area contributed by atoms with Gasteiger partial charge in [0.15, 0.2) is 0 Å². The van der Waals surface area contributed by atoms with Gasteiger partial charge in [0, 0.05) is 5.25 Å². The van der Waals surface area contributed by atoms with Crippen molar-refractivity contribution < 1.29 is 0 Å². The number of fused-ring (bicyclic) bond motifs is 1. The van der Waals surface area contributed by atoms with Crippen LogP contribution in [0, 0.1) is 11.8 Å². The normalized spacial score (nSPS) is 52.9. The molecular weight excluding hydrogens is 116 g/mol. The maximum absolute atomic E-state index is 2.38. The molecule has 0 aromatic rings. The van der Waals surface area contributed by atoms with Crippen molar-refractivity contribution in [3.63, 3.8) is 0 Å². The predicted octanol–water partition coefficient (Wildman–Crippen LogP) is 2.15. The molecule has 1 saturated heterocycles. The highest BCUT2D eigenvalue weighted by molar-refractivity contribution is 8.00. The largest absolute Gasteiger partial charge is 0.158 e. The molecule has 3 unspecified atom stereocenters. The fourth-order valence-electron chi connectivity index (χ4n) is 1.82. The van der Waals surface area contributed by atoms with Crippen LogP contribution < -0.4 is 0 Å². The highest BCUT2D eigenvalue weighted by atomic mass is 32.2. The summed E-state index contributed by atoms with van der Waals surface area (Å²) in [5.74, 6) is 3.72. The molecule has 3 atom stereocenters. The zero-order valence-corrected chi connectivity index (χ0v) is 6.08. The Morgan fingerprint density at radius 2 is 2.25 bits per heavy atom. The van der Waals surface area contributed by atoms with Gasteiger partial charge in [-0.3, -0.25) is 0 Å². The Bertz CT molecular complexity index is 94.6. The van der Waals surface area contributed by atoms with Crippen LogP contribution in [0.1, 0.15) is 19.8 Å². The third-order valence-electron chi connectivity index (χ3n) is 2.65. The monoisotopic (exact) mass is 128 g/mol. The second-order valence-corrected chi connectivity index (χ2v) is 4.45. The maximum atomic E-state index is 2.38. The molecule has 2 aliphatic rings. The summed E-state index contributed by atoms with van der Waals surface area (Å²) >= 11 is 2.18. The van der Waals surface area contributed by atoms with Gasteiger partial charge in [-0.1, -0.05) is 6.92 Å². The van der Waals surface area contributed by atoms with Crippen LogP contribution in [0.25, 0.3) is 0 Å². The van der Waals surface area contributed by atoms with Crippen molar-refractivity contribution in [3.05, 3.63) is 0 Å². The Morgan fingerprint density at radius 3 is 2.50 bits per heavy atom. The molecule has 1 heterocycles. The van der Waals surface area contributed by atoms with Gasteiger partial charge < -0.3 is 0 Å². The van der Waals surface area contributed by atoms with Gasteiger partial charge >= 0.3 is 0 Å². The first-order chi connectivity index (χ1) is 3.88. The number of hydrogen-bond acceptors (Lipinski definition) is 1. The van der Waals surface area contributed by atoms with Crippen LogP contribution in [0.2, 0.25) is 0 Å². The van der Waals surface area contributed by atoms with Crippen molar-refractivity contribution in [2.24, 2.45) is 11.8 Å². The van der Waals surface area contributed by atoms with Gasteiger partial charge in [-0.2, -0.15) is 11.8 Å². The predicted molar refractivity (Wildman–Crippen MR) is 38.1 cm³/mol. The minimum Gasteiger partial charge on any atom is -0.158 e. The Hall–Kier alpha value is 0.350. The Kier molecular flexibility index (Phi) is 1.07. The Labute approximate surface area is 55.0 Å². The third kappa shape index (κ3) is 0.540. The fourth-order valence-corrected chi connectivity index (χ4v) is 3.39. The molecule has 0 aromatic carbocycles. The number of rotatable bonds is 0. The van der Waals surface area contributed by atoms with Gasteiger partial charge in [0.1, 0.15) is 0 Å². The van der Waals surface area contributed by atoms with E-state index in [1.54, 1.807) is 0 Å². The second-order valence-electron chi connectivity index (χ2n) is 3.04. The van der Waals surface area contributed by atoms with Gasteiger partial charge in [0.2, 0.25) is 0 Å². The van der Waals surface area contributed by atoms with Crippen molar-refractivity contribution in [3.8, 4) is 0 Å². The van der Waals surface area contributed by atoms with Crippen LogP contribution in [0.15, 0.2) is 0 Å². The van der Waals surface area contributed by atoms with Crippen LogP contribution in [0.5, 0.6) is 0 Å². The summed E-state index contributed by atoms with van der Waals surface area (Å²) in [6, 6.07) is 0. The lowest BCUT2D eigenvalue weighted by atomic mass is 9.74. The zero-order valence-electron chi connectivity index (χ0n) is 5.26. The molecule has 0 amide bonds. The molecule has 0 radical (unpaired) electrons. The van der Waals surface area contributed by atoms with E-state index >= 15 is 0 Å². The summed E-state index contributed by atoms with van der Waals surface area (Å²) < 4.78 is 0. The summed E-state index contributed by atoms with van der Waals surface area (Å²) in [5, 5.41) is 0.994. The van der Waals surface area contributed by atoms with Crippen molar-refractivity contribution in [1.82, 2.24) is 0 Å². The highest BCUT2D eigenvalue weighted by Crippen LogP contribution is 2.49. The number of thioether (sulfide) groups is 1. The van der Waals surface area contributed by atoms with Gasteiger partial charge in [-0.05, 0) is 30.4 Å². The van der Waals surface area contributed by atoms with Crippen molar-refractivity contribution >= 4 is 11.8 Å². The van der Waals surface area contributed by atoms with Gasteiger partial charge in [-0.25, -0.2) is 0 Å². The van der Waals surface area contributed by atoms with Gasteiger partial charge in [-0.15, -0.1) is 0 Å². The van der Waals surface area contributed by atoms with Crippen LogP contribution in [0.3, 0.4) is 0 Å². The fraction of sp³-hybridized carbons (Fsp3) is 1.00. The quantitative estimate of drug-likeness (QED) is 0.481. The summed E-state index contributed by atoms with van der Waals surface area (Å²) in [6.07, 6.45) is 3.06. The van der Waals surface area contributed by atoms with Crippen LogP contribution in [-0.2, 0) is 0 Å². The first-order valence-electron chi connectivity index (χ1n) is 3.49. The average Bonchev–Trinajstić information content (AvgIpc) is 1.80. The lowest BCUT2D eigenvalue weighted by Gasteiger charge is -2.31. The van der Waals surface area contributed by atoms with Crippen molar-refractivity contribution in [1.29, 1.82) is 0 Å². The van der Waals surface area contributed by atoms with E-state index in [9.17, 15) is 0 Å². The second kappa shape index (κ2) is 1.66. The molecule has 0 N–H and O–H groups in total. The summed E-state index contributed by atoms with van der Waals surface area (Å²) in [7, 11) is 0. The molecule has 1 saturated carbocycles. The Morgan fingerprint density at radius 1 is 1.38 bits per heavy atom. The molecule has 2 fully saturated rings. The molecule has 0 bridgehead atoms. The third-order valence-corrected chi connectivity index (χ3v) is 4.15. The van der Waals surface area contributed by atoms with E-state index in [0.717, 1.165) is 17.1 Å². The molecule has 1 aliphatic heterocycles. The van der Waals surface area contributed by atoms with Crippen LogP contribution in [-0.4, -0.2) is 11.0 Å². The molecule has 0 nitrogen and oxygen atoms in total. The summed E-state index contributed by atoms with van der Waals surface area (Å²) in [6.45, 7) is 2.38. The standard InChI is InChI=1S/C7H12S/c1-5-7-3-2-6(7)4-8-5/h5-7H,2-4H2,1H3. The molecule has 1 aliphatic carbocycles. The molecule has 2 rings (SSSR count). The Balaban J connectivity index is 2.05. The average molecular weight is 128 g/mol. The molecule has 0 spiro atoms. The van der Waals surface area contributed by atoms with E-state index in [2.05, 4.69) is 18.7 Å². The number of hydrogen-bond donors (Lipinski definition) is 0. The lowest BCUT2D eigenvalue weighted by molar-refractivity contribution is 0.218. The van der Waals surface area contributed by atoms with Gasteiger partial charge in [0.25, 0.3) is 0 Å². The van der Waals surface area contributed by atoms with E-state index in [1.165, 1.54) is 18.6 Å². The van der Waals surface area contributed by atoms with Crippen LogP contribution >= 0.6 is 11.8 Å². The SMILES string of the molecule is CC1SCC2CCC21. The lowest BCUT2D eigenvalue weighted by Crippen LogP contribution is -2.26. The van der Waals surface area contributed by atoms with E-state index in [4.69, 9.17) is 0 Å². The van der Waals surface area contributed by atoms with E-state index in [1.807, 2.05) is 0 Å². The first-order valence-corrected chi connectivity index (χ1v) is 4.54. The molecule has 46 valence electrons. The van der Waals surface area contributed by atoms with Crippen molar-refractivity contribution in [2.45, 2.75) is 25.0 Å². The topological polar surface area (TPSA) is 0 Å². The van der Waals surface area contributed by atoms with Crippen molar-refractivity contribution in [2.75, 3.05) is 5.75 Å². The summed E-state index contributed by atoms with van der Waals surface area (Å²) in [5.41, 5.74) is 0. The smallest absolute Gasteiger partial charge is 0.00500 e. The van der Waals surface area contributed by atoms with E-state index < -0.39 is 0 Å². The molecule has 1 heteroatoms. The van der Waals surface area contributed by atoms with Gasteiger partial charge in [0.05, 0.1) is 0 Å². The minimum atomic E-state index is 0.994. The zero-order chi connectivity index (χ0) is 5.56. The molecule has 0 aromatic heterocycles. The first kappa shape index (κ1) is 5.16. The van der Waals surface area contributed by atoms with E-state index in [-0.39, 0.29) is 0 Å². The molecule has 8 heavy (non-hydrogen) atoms. The molecular formula is C7H12S. The maximum Gasteiger partial charge on any atom is 0.00500 e. The van der Waals surface area contributed by atoms with Crippen LogP contribution in [0.4, 0.5) is 0 Å². The van der Waals surface area contributed by atoms with E-state index in [0.29, 0.717) is 0 Å². The summed E-state index contributed by atoms with van der Waals surface area (Å²) in [4.78, 5) is 0. The minimum absolute atomic E-state index is 0.994. The highest BCUT2D eigenvalue weighted by Gasteiger charge is 2.40.